The molecule has 2 aliphatic rings. The molecule has 3 rings (SSSR count). The molecule has 0 atom stereocenters. The van der Waals surface area contributed by atoms with Crippen molar-refractivity contribution in [3.8, 4) is 5.75 Å². The number of benzene rings is 1. The molecule has 174 valence electrons. The van der Waals surface area contributed by atoms with Crippen LogP contribution in [0.5, 0.6) is 5.75 Å². The fraction of sp³-hybridized carbons (Fsp3) is 0.545. The second-order valence-corrected chi connectivity index (χ2v) is 8.20. The Morgan fingerprint density at radius 1 is 1.19 bits per heavy atom. The number of hydrogen-bond donors (Lipinski definition) is 0. The first-order valence-corrected chi connectivity index (χ1v) is 10.5. The zero-order chi connectivity index (χ0) is 23.5. The van der Waals surface area contributed by atoms with Crippen molar-refractivity contribution < 1.29 is 33.0 Å². The fourth-order valence-corrected chi connectivity index (χ4v) is 4.27. The van der Waals surface area contributed by atoms with Gasteiger partial charge in [-0.3, -0.25) is 19.3 Å². The van der Waals surface area contributed by atoms with E-state index in [1.807, 2.05) is 0 Å². The zero-order valence-corrected chi connectivity index (χ0v) is 18.6. The number of ether oxygens (including phenoxy) is 2. The summed E-state index contributed by atoms with van der Waals surface area (Å²) < 4.78 is 23.7. The molecule has 1 saturated heterocycles. The average molecular weight is 449 g/mol. The van der Waals surface area contributed by atoms with Gasteiger partial charge in [-0.1, -0.05) is 25.3 Å². The molecule has 0 N–H and O–H groups in total. The van der Waals surface area contributed by atoms with Gasteiger partial charge in [-0.05, 0) is 30.5 Å². The topological polar surface area (TPSA) is 96.5 Å². The van der Waals surface area contributed by atoms with E-state index < -0.39 is 42.4 Å². The van der Waals surface area contributed by atoms with Gasteiger partial charge in [0.05, 0.1) is 7.11 Å². The van der Waals surface area contributed by atoms with Gasteiger partial charge in [0.2, 0.25) is 0 Å². The molecule has 1 spiro atoms. The number of carbonyl (C=O) groups excluding carboxylic acids is 4. The van der Waals surface area contributed by atoms with Crippen LogP contribution in [0.2, 0.25) is 0 Å². The first-order valence-electron chi connectivity index (χ1n) is 10.5. The van der Waals surface area contributed by atoms with Gasteiger partial charge in [-0.25, -0.2) is 9.18 Å². The molecule has 1 aromatic carbocycles. The molecule has 1 aliphatic heterocycles. The predicted molar refractivity (Wildman–Crippen MR) is 111 cm³/mol. The Morgan fingerprint density at radius 3 is 2.50 bits per heavy atom. The smallest absolute Gasteiger partial charge is 0.327 e. The third-order valence-electron chi connectivity index (χ3n) is 6.19. The summed E-state index contributed by atoms with van der Waals surface area (Å²) in [6.07, 6.45) is 3.86. The SMILES string of the molecule is COc1ccc(CN(C)C(=O)COC(=O)CN2C(=O)N(C)C3(CCCCC3)C2=O)cc1F. The Morgan fingerprint density at radius 2 is 1.88 bits per heavy atom. The van der Waals surface area contributed by atoms with Crippen LogP contribution in [0.15, 0.2) is 18.2 Å². The molecule has 10 heteroatoms. The quantitative estimate of drug-likeness (QED) is 0.466. The van der Waals surface area contributed by atoms with Crippen molar-refractivity contribution in [2.24, 2.45) is 0 Å². The molecule has 1 saturated carbocycles. The van der Waals surface area contributed by atoms with E-state index in [4.69, 9.17) is 9.47 Å². The van der Waals surface area contributed by atoms with E-state index in [0.717, 1.165) is 24.2 Å². The summed E-state index contributed by atoms with van der Waals surface area (Å²) in [7, 11) is 4.43. The molecule has 9 nitrogen and oxygen atoms in total. The number of likely N-dealkylation sites (N-methyl/N-ethyl adjacent to an activating group) is 2. The summed E-state index contributed by atoms with van der Waals surface area (Å²) in [4.78, 5) is 53.6. The standard InChI is InChI=1S/C22H28FN3O6/c1-24(12-15-7-8-17(31-3)16(23)11-15)18(27)14-32-19(28)13-26-20(29)22(25(2)21(26)30)9-5-4-6-10-22/h7-8,11H,4-6,9-10,12-14H2,1-3H3. The normalized spacial score (nSPS) is 17.6. The average Bonchev–Trinajstić information content (AvgIpc) is 2.94. The summed E-state index contributed by atoms with van der Waals surface area (Å²) in [5.74, 6) is -2.17. The second kappa shape index (κ2) is 9.54. The number of imide groups is 1. The van der Waals surface area contributed by atoms with Gasteiger partial charge in [0.1, 0.15) is 12.1 Å². The highest BCUT2D eigenvalue weighted by atomic mass is 19.1. The molecule has 32 heavy (non-hydrogen) atoms. The first kappa shape index (κ1) is 23.5. The molecule has 1 heterocycles. The maximum absolute atomic E-state index is 13.8. The summed E-state index contributed by atoms with van der Waals surface area (Å²) in [6, 6.07) is 3.82. The lowest BCUT2D eigenvalue weighted by Crippen LogP contribution is -2.49. The van der Waals surface area contributed by atoms with E-state index in [9.17, 15) is 23.6 Å². The first-order chi connectivity index (χ1) is 15.2. The van der Waals surface area contributed by atoms with Crippen LogP contribution in [0.1, 0.15) is 37.7 Å². The van der Waals surface area contributed by atoms with Crippen molar-refractivity contribution >= 4 is 23.8 Å². The van der Waals surface area contributed by atoms with Crippen molar-refractivity contribution in [3.05, 3.63) is 29.6 Å². The summed E-state index contributed by atoms with van der Waals surface area (Å²) in [5.41, 5.74) is -0.334. The predicted octanol–water partition coefficient (Wildman–Crippen LogP) is 1.93. The maximum atomic E-state index is 13.8. The van der Waals surface area contributed by atoms with Gasteiger partial charge in [-0.15, -0.1) is 0 Å². The van der Waals surface area contributed by atoms with Gasteiger partial charge in [0.15, 0.2) is 18.2 Å². The van der Waals surface area contributed by atoms with Crippen molar-refractivity contribution in [2.45, 2.75) is 44.2 Å². The number of halogens is 1. The van der Waals surface area contributed by atoms with Gasteiger partial charge >= 0.3 is 12.0 Å². The van der Waals surface area contributed by atoms with E-state index in [2.05, 4.69) is 0 Å². The number of hydrogen-bond acceptors (Lipinski definition) is 6. The molecule has 1 aromatic rings. The summed E-state index contributed by atoms with van der Waals surface area (Å²) in [6.45, 7) is -0.983. The van der Waals surface area contributed by atoms with Crippen LogP contribution >= 0.6 is 0 Å². The molecule has 0 radical (unpaired) electrons. The Balaban J connectivity index is 1.52. The van der Waals surface area contributed by atoms with Crippen molar-refractivity contribution in [3.63, 3.8) is 0 Å². The van der Waals surface area contributed by atoms with Gasteiger partial charge in [0, 0.05) is 20.6 Å². The van der Waals surface area contributed by atoms with E-state index in [1.54, 1.807) is 13.1 Å². The van der Waals surface area contributed by atoms with E-state index in [-0.39, 0.29) is 18.2 Å². The van der Waals surface area contributed by atoms with Crippen LogP contribution in [-0.2, 0) is 25.7 Å². The van der Waals surface area contributed by atoms with Crippen LogP contribution in [0.4, 0.5) is 9.18 Å². The minimum Gasteiger partial charge on any atom is -0.494 e. The number of urea groups is 1. The highest BCUT2D eigenvalue weighted by Crippen LogP contribution is 2.39. The minimum absolute atomic E-state index is 0.100. The monoisotopic (exact) mass is 449 g/mol. The van der Waals surface area contributed by atoms with E-state index >= 15 is 0 Å². The maximum Gasteiger partial charge on any atom is 0.327 e. The number of esters is 1. The highest BCUT2D eigenvalue weighted by molar-refractivity contribution is 6.08. The van der Waals surface area contributed by atoms with Crippen LogP contribution in [0.25, 0.3) is 0 Å². The molecule has 1 aliphatic carbocycles. The van der Waals surface area contributed by atoms with Gasteiger partial charge in [0.25, 0.3) is 11.8 Å². The van der Waals surface area contributed by atoms with Crippen molar-refractivity contribution in [1.82, 2.24) is 14.7 Å². The summed E-state index contributed by atoms with van der Waals surface area (Å²) in [5, 5.41) is 0. The Kier molecular flexibility index (Phi) is 7.00. The van der Waals surface area contributed by atoms with Gasteiger partial charge in [-0.2, -0.15) is 0 Å². The van der Waals surface area contributed by atoms with Crippen LogP contribution in [0.3, 0.4) is 0 Å². The van der Waals surface area contributed by atoms with Crippen molar-refractivity contribution in [1.29, 1.82) is 0 Å². The lowest BCUT2D eigenvalue weighted by molar-refractivity contribution is -0.153. The Bertz CT molecular complexity index is 915. The molecule has 4 amide bonds. The lowest BCUT2D eigenvalue weighted by Gasteiger charge is -2.35. The summed E-state index contributed by atoms with van der Waals surface area (Å²) >= 11 is 0. The molecular weight excluding hydrogens is 421 g/mol. The molecule has 0 unspecified atom stereocenters. The minimum atomic E-state index is -0.876. The number of rotatable bonds is 7. The lowest BCUT2D eigenvalue weighted by atomic mass is 9.81. The van der Waals surface area contributed by atoms with E-state index in [1.165, 1.54) is 36.1 Å². The molecule has 0 bridgehead atoms. The van der Waals surface area contributed by atoms with Crippen LogP contribution in [-0.4, -0.2) is 78.4 Å². The fourth-order valence-electron chi connectivity index (χ4n) is 4.27. The Labute approximate surface area is 186 Å². The highest BCUT2D eigenvalue weighted by Gasteiger charge is 2.55. The molecule has 2 fully saturated rings. The zero-order valence-electron chi connectivity index (χ0n) is 18.6. The number of carbonyl (C=O) groups is 4. The van der Waals surface area contributed by atoms with Crippen molar-refractivity contribution in [2.75, 3.05) is 34.4 Å². The molecular formula is C22H28FN3O6. The Hall–Kier alpha value is -3.17. The van der Waals surface area contributed by atoms with Crippen LogP contribution in [0, 0.1) is 5.82 Å². The number of nitrogens with zero attached hydrogens (tertiary/aromatic N) is 3. The number of amides is 4. The largest absolute Gasteiger partial charge is 0.494 e. The van der Waals surface area contributed by atoms with Gasteiger partial charge < -0.3 is 19.3 Å². The third-order valence-corrected chi connectivity index (χ3v) is 6.19. The van der Waals surface area contributed by atoms with Crippen LogP contribution < -0.4 is 4.74 Å². The number of methoxy groups -OCH3 is 1. The molecule has 0 aromatic heterocycles. The second-order valence-electron chi connectivity index (χ2n) is 8.20. The third kappa shape index (κ3) is 4.53. The van der Waals surface area contributed by atoms with E-state index in [0.29, 0.717) is 18.4 Å².